The van der Waals surface area contributed by atoms with Crippen molar-refractivity contribution in [2.24, 2.45) is 0 Å². The molecule has 1 unspecified atom stereocenters. The molecule has 4 heteroatoms. The molecule has 18 heavy (non-hydrogen) atoms. The van der Waals surface area contributed by atoms with Gasteiger partial charge in [-0.25, -0.2) is 4.68 Å². The van der Waals surface area contributed by atoms with Crippen LogP contribution in [0.25, 0.3) is 5.69 Å². The van der Waals surface area contributed by atoms with Gasteiger partial charge in [0, 0.05) is 25.0 Å². The van der Waals surface area contributed by atoms with E-state index >= 15 is 0 Å². The Balaban J connectivity index is 2.17. The van der Waals surface area contributed by atoms with E-state index < -0.39 is 0 Å². The quantitative estimate of drug-likeness (QED) is 0.764. The van der Waals surface area contributed by atoms with Crippen molar-refractivity contribution in [2.75, 3.05) is 13.2 Å². The number of nitrogens with zero attached hydrogens (tertiary/aromatic N) is 2. The second kappa shape index (κ2) is 6.33. The zero-order valence-electron chi connectivity index (χ0n) is 10.6. The fourth-order valence-electron chi connectivity index (χ4n) is 1.98. The van der Waals surface area contributed by atoms with Gasteiger partial charge < -0.3 is 10.4 Å². The first-order valence-corrected chi connectivity index (χ1v) is 6.26. The van der Waals surface area contributed by atoms with Crippen LogP contribution in [0.4, 0.5) is 0 Å². The van der Waals surface area contributed by atoms with Gasteiger partial charge in [-0.05, 0) is 37.6 Å². The third-order valence-electron chi connectivity index (χ3n) is 2.94. The van der Waals surface area contributed by atoms with Crippen LogP contribution < -0.4 is 5.32 Å². The van der Waals surface area contributed by atoms with Crippen molar-refractivity contribution < 1.29 is 5.11 Å². The molecule has 96 valence electrons. The summed E-state index contributed by atoms with van der Waals surface area (Å²) in [5.41, 5.74) is 2.30. The first-order chi connectivity index (χ1) is 8.83. The predicted octanol–water partition coefficient (Wildman–Crippen LogP) is 1.91. The number of aliphatic hydroxyl groups excluding tert-OH is 1. The summed E-state index contributed by atoms with van der Waals surface area (Å²) in [4.78, 5) is 0. The third-order valence-corrected chi connectivity index (χ3v) is 2.94. The van der Waals surface area contributed by atoms with Crippen LogP contribution in [0.1, 0.15) is 24.9 Å². The van der Waals surface area contributed by atoms with Gasteiger partial charge in [-0.1, -0.05) is 18.2 Å². The topological polar surface area (TPSA) is 50.1 Å². The van der Waals surface area contributed by atoms with Crippen molar-refractivity contribution in [3.05, 3.63) is 48.3 Å². The highest BCUT2D eigenvalue weighted by Crippen LogP contribution is 2.20. The van der Waals surface area contributed by atoms with Crippen molar-refractivity contribution >= 4 is 0 Å². The maximum absolute atomic E-state index is 8.80. The van der Waals surface area contributed by atoms with Crippen molar-refractivity contribution in [1.29, 1.82) is 0 Å². The molecule has 1 heterocycles. The molecule has 0 amide bonds. The molecule has 0 bridgehead atoms. The lowest BCUT2D eigenvalue weighted by molar-refractivity contribution is 0.284. The molecule has 0 spiro atoms. The van der Waals surface area contributed by atoms with E-state index in [4.69, 9.17) is 5.11 Å². The Kier molecular flexibility index (Phi) is 4.50. The Labute approximate surface area is 107 Å². The summed E-state index contributed by atoms with van der Waals surface area (Å²) in [6, 6.07) is 10.4. The molecule has 2 rings (SSSR count). The highest BCUT2D eigenvalue weighted by molar-refractivity contribution is 5.42. The van der Waals surface area contributed by atoms with E-state index in [0.717, 1.165) is 18.7 Å². The fourth-order valence-corrected chi connectivity index (χ4v) is 1.98. The Hall–Kier alpha value is -1.65. The number of nitrogens with one attached hydrogen (secondary N) is 1. The predicted molar refractivity (Wildman–Crippen MR) is 71.7 cm³/mol. The Bertz CT molecular complexity index is 468. The SMILES string of the molecule is CC(NCCCO)c1ccccc1-n1cccn1. The molecule has 1 atom stereocenters. The molecule has 0 fully saturated rings. The van der Waals surface area contributed by atoms with Gasteiger partial charge in [0.25, 0.3) is 0 Å². The first-order valence-electron chi connectivity index (χ1n) is 6.26. The summed E-state index contributed by atoms with van der Waals surface area (Å²) in [7, 11) is 0. The highest BCUT2D eigenvalue weighted by atomic mass is 16.3. The average molecular weight is 245 g/mol. The average Bonchev–Trinajstić information content (AvgIpc) is 2.93. The van der Waals surface area contributed by atoms with Crippen LogP contribution in [0.3, 0.4) is 0 Å². The maximum atomic E-state index is 8.80. The zero-order chi connectivity index (χ0) is 12.8. The van der Waals surface area contributed by atoms with Crippen molar-refractivity contribution in [3.8, 4) is 5.69 Å². The van der Waals surface area contributed by atoms with Crippen molar-refractivity contribution in [3.63, 3.8) is 0 Å². The lowest BCUT2D eigenvalue weighted by atomic mass is 10.1. The molecule has 1 aromatic heterocycles. The number of rotatable bonds is 6. The van der Waals surface area contributed by atoms with Gasteiger partial charge in [0.15, 0.2) is 0 Å². The second-order valence-electron chi connectivity index (χ2n) is 4.26. The smallest absolute Gasteiger partial charge is 0.0693 e. The van der Waals surface area contributed by atoms with Gasteiger partial charge >= 0.3 is 0 Å². The standard InChI is InChI=1S/C14H19N3O/c1-12(15-8-5-11-18)13-6-2-3-7-14(13)17-10-4-9-16-17/h2-4,6-7,9-10,12,15,18H,5,8,11H2,1H3. The molecule has 1 aromatic carbocycles. The van der Waals surface area contributed by atoms with Crippen LogP contribution in [-0.2, 0) is 0 Å². The van der Waals surface area contributed by atoms with Gasteiger partial charge in [-0.15, -0.1) is 0 Å². The molecule has 0 aliphatic heterocycles. The highest BCUT2D eigenvalue weighted by Gasteiger charge is 2.10. The van der Waals surface area contributed by atoms with Crippen molar-refractivity contribution in [1.82, 2.24) is 15.1 Å². The third kappa shape index (κ3) is 2.97. The number of hydrogen-bond acceptors (Lipinski definition) is 3. The molecule has 2 N–H and O–H groups in total. The number of benzene rings is 1. The largest absolute Gasteiger partial charge is 0.396 e. The summed E-state index contributed by atoms with van der Waals surface area (Å²) in [6.45, 7) is 3.16. The van der Waals surface area contributed by atoms with E-state index in [1.807, 2.05) is 29.1 Å². The molecule has 2 aromatic rings. The lowest BCUT2D eigenvalue weighted by Gasteiger charge is -2.17. The summed E-state index contributed by atoms with van der Waals surface area (Å²) in [6.07, 6.45) is 4.49. The van der Waals surface area contributed by atoms with E-state index in [2.05, 4.69) is 29.5 Å². The Morgan fingerprint density at radius 2 is 2.17 bits per heavy atom. The molecular weight excluding hydrogens is 226 g/mol. The Morgan fingerprint density at radius 3 is 2.89 bits per heavy atom. The minimum Gasteiger partial charge on any atom is -0.396 e. The van der Waals surface area contributed by atoms with E-state index in [9.17, 15) is 0 Å². The summed E-state index contributed by atoms with van der Waals surface area (Å²) >= 11 is 0. The molecule has 0 radical (unpaired) electrons. The van der Waals surface area contributed by atoms with E-state index in [-0.39, 0.29) is 12.6 Å². The van der Waals surface area contributed by atoms with Crippen molar-refractivity contribution in [2.45, 2.75) is 19.4 Å². The van der Waals surface area contributed by atoms with Crippen LogP contribution in [-0.4, -0.2) is 28.0 Å². The first kappa shape index (κ1) is 12.8. The van der Waals surface area contributed by atoms with Gasteiger partial charge in [-0.2, -0.15) is 5.10 Å². The number of para-hydroxylation sites is 1. The monoisotopic (exact) mass is 245 g/mol. The molecule has 0 saturated carbocycles. The minimum atomic E-state index is 0.223. The van der Waals surface area contributed by atoms with Crippen LogP contribution in [0, 0.1) is 0 Å². The van der Waals surface area contributed by atoms with Crippen LogP contribution in [0.5, 0.6) is 0 Å². The summed E-state index contributed by atoms with van der Waals surface area (Å²) in [5, 5.41) is 16.5. The zero-order valence-corrected chi connectivity index (χ0v) is 10.6. The molecular formula is C14H19N3O. The van der Waals surface area contributed by atoms with Gasteiger partial charge in [-0.3, -0.25) is 0 Å². The molecule has 0 saturated heterocycles. The molecule has 0 aliphatic rings. The fraction of sp³-hybridized carbons (Fsp3) is 0.357. The van der Waals surface area contributed by atoms with E-state index in [1.54, 1.807) is 6.20 Å². The normalized spacial score (nSPS) is 12.6. The van der Waals surface area contributed by atoms with Gasteiger partial charge in [0.2, 0.25) is 0 Å². The maximum Gasteiger partial charge on any atom is 0.0693 e. The van der Waals surface area contributed by atoms with E-state index in [1.165, 1.54) is 5.56 Å². The summed E-state index contributed by atoms with van der Waals surface area (Å²) in [5.74, 6) is 0. The van der Waals surface area contributed by atoms with Crippen LogP contribution in [0.15, 0.2) is 42.7 Å². The van der Waals surface area contributed by atoms with Gasteiger partial charge in [0.05, 0.1) is 5.69 Å². The second-order valence-corrected chi connectivity index (χ2v) is 4.26. The Morgan fingerprint density at radius 1 is 1.33 bits per heavy atom. The van der Waals surface area contributed by atoms with Gasteiger partial charge in [0.1, 0.15) is 0 Å². The number of aliphatic hydroxyl groups is 1. The van der Waals surface area contributed by atoms with E-state index in [0.29, 0.717) is 0 Å². The molecule has 0 aliphatic carbocycles. The number of aromatic nitrogens is 2. The summed E-state index contributed by atoms with van der Waals surface area (Å²) < 4.78 is 1.87. The minimum absolute atomic E-state index is 0.223. The van der Waals surface area contributed by atoms with Crippen LogP contribution >= 0.6 is 0 Å². The van der Waals surface area contributed by atoms with Crippen LogP contribution in [0.2, 0.25) is 0 Å². The lowest BCUT2D eigenvalue weighted by Crippen LogP contribution is -2.22. The molecule has 4 nitrogen and oxygen atoms in total. The number of hydrogen-bond donors (Lipinski definition) is 2.